The van der Waals surface area contributed by atoms with E-state index in [-0.39, 0.29) is 5.54 Å². The predicted molar refractivity (Wildman–Crippen MR) is 86.8 cm³/mol. The molecule has 110 valence electrons. The van der Waals surface area contributed by atoms with Crippen molar-refractivity contribution in [3.8, 4) is 0 Å². The van der Waals surface area contributed by atoms with Crippen LogP contribution in [0.3, 0.4) is 0 Å². The Kier molecular flexibility index (Phi) is 4.66. The lowest BCUT2D eigenvalue weighted by atomic mass is 9.96. The molecule has 0 spiro atoms. The highest BCUT2D eigenvalue weighted by Gasteiger charge is 2.63. The third kappa shape index (κ3) is 2.02. The molecule has 6 heteroatoms. The third-order valence-electron chi connectivity index (χ3n) is 3.46. The van der Waals surface area contributed by atoms with Gasteiger partial charge in [-0.15, -0.1) is 15.4 Å². The van der Waals surface area contributed by atoms with E-state index in [1.54, 1.807) is 11.3 Å². The van der Waals surface area contributed by atoms with Crippen LogP contribution in [-0.2, 0) is 9.51 Å². The minimum absolute atomic E-state index is 0.00228. The van der Waals surface area contributed by atoms with E-state index < -0.39 is 19.1 Å². The lowest BCUT2D eigenvalue weighted by Crippen LogP contribution is -2.42. The third-order valence-corrected chi connectivity index (χ3v) is 10.7. The first-order valence-corrected chi connectivity index (χ1v) is 10.7. The summed E-state index contributed by atoms with van der Waals surface area (Å²) in [5, 5.41) is 2.08. The van der Waals surface area contributed by atoms with Crippen molar-refractivity contribution in [1.29, 1.82) is 0 Å². The first-order chi connectivity index (χ1) is 9.08. The Morgan fingerprint density at radius 3 is 2.74 bits per heavy atom. The molecule has 3 unspecified atom stereocenters. The Balaban J connectivity index is 0.000000637. The van der Waals surface area contributed by atoms with Gasteiger partial charge in [0.1, 0.15) is 0 Å². The van der Waals surface area contributed by atoms with Crippen molar-refractivity contribution < 1.29 is 8.52 Å². The Morgan fingerprint density at radius 1 is 1.47 bits per heavy atom. The van der Waals surface area contributed by atoms with Gasteiger partial charge in [-0.1, -0.05) is 44.9 Å². The fourth-order valence-electron chi connectivity index (χ4n) is 2.80. The van der Waals surface area contributed by atoms with E-state index in [4.69, 9.17) is 3.97 Å². The van der Waals surface area contributed by atoms with E-state index in [1.165, 1.54) is 4.88 Å². The van der Waals surface area contributed by atoms with Gasteiger partial charge in [-0.3, -0.25) is 4.55 Å². The smallest absolute Gasteiger partial charge is 0.154 e. The maximum absolute atomic E-state index is 10.8. The highest BCUT2D eigenvalue weighted by molar-refractivity contribution is 8.31. The predicted octanol–water partition coefficient (Wildman–Crippen LogP) is 5.93. The maximum atomic E-state index is 10.8. The minimum atomic E-state index is -2.08. The monoisotopic (exact) mass is 321 g/mol. The second-order valence-electron chi connectivity index (χ2n) is 4.65. The Morgan fingerprint density at radius 2 is 2.16 bits per heavy atom. The Bertz CT molecular complexity index is 456. The molecule has 2 aliphatic rings. The molecule has 3 nitrogen and oxygen atoms in total. The number of nitrogens with zero attached hydrogens (tertiary/aromatic N) is 1. The molecule has 3 atom stereocenters. The summed E-state index contributed by atoms with van der Waals surface area (Å²) in [4.78, 5) is 2.39. The van der Waals surface area contributed by atoms with Crippen molar-refractivity contribution in [2.24, 2.45) is 0 Å². The molecule has 0 radical (unpaired) electrons. The Labute approximate surface area is 123 Å². The van der Waals surface area contributed by atoms with Gasteiger partial charge >= 0.3 is 0 Å². The largest absolute Gasteiger partial charge is 0.281 e. The lowest BCUT2D eigenvalue weighted by molar-refractivity contribution is 0.249. The molecule has 1 aromatic rings. The molecule has 1 N–H and O–H groups in total. The van der Waals surface area contributed by atoms with E-state index in [9.17, 15) is 4.55 Å². The minimum Gasteiger partial charge on any atom is -0.281 e. The molecular weight excluding hydrogens is 297 g/mol. The highest BCUT2D eigenvalue weighted by atomic mass is 32.3. The van der Waals surface area contributed by atoms with Gasteiger partial charge in [-0.2, -0.15) is 0 Å². The van der Waals surface area contributed by atoms with Crippen LogP contribution in [0.2, 0.25) is 0 Å². The summed E-state index contributed by atoms with van der Waals surface area (Å²) in [6.07, 6.45) is 3.23. The lowest BCUT2D eigenvalue weighted by Gasteiger charge is -2.59. The zero-order valence-corrected chi connectivity index (χ0v) is 14.9. The van der Waals surface area contributed by atoms with Crippen LogP contribution in [0.25, 0.3) is 0 Å². The van der Waals surface area contributed by atoms with Crippen LogP contribution >= 0.6 is 30.4 Å². The van der Waals surface area contributed by atoms with Gasteiger partial charge in [0.25, 0.3) is 0 Å². The fourth-order valence-corrected chi connectivity index (χ4v) is 10.6. The van der Waals surface area contributed by atoms with Crippen molar-refractivity contribution in [3.05, 3.63) is 16.3 Å². The zero-order valence-electron chi connectivity index (χ0n) is 12.3. The second-order valence-corrected chi connectivity index (χ2v) is 9.97. The molecule has 1 fully saturated rings. The average molecular weight is 321 g/mol. The van der Waals surface area contributed by atoms with E-state index >= 15 is 0 Å². The molecule has 1 aromatic heterocycles. The van der Waals surface area contributed by atoms with Crippen LogP contribution in [0.5, 0.6) is 0 Å². The number of rotatable bonds is 3. The van der Waals surface area contributed by atoms with Crippen molar-refractivity contribution in [1.82, 2.24) is 4.08 Å². The topological polar surface area (TPSA) is 32.7 Å². The van der Waals surface area contributed by atoms with Crippen LogP contribution in [0.1, 0.15) is 52.3 Å². The van der Waals surface area contributed by atoms with Gasteiger partial charge in [-0.05, 0) is 24.8 Å². The van der Waals surface area contributed by atoms with Gasteiger partial charge in [0.05, 0.1) is 15.3 Å². The first kappa shape index (κ1) is 15.7. The van der Waals surface area contributed by atoms with Gasteiger partial charge < -0.3 is 0 Å². The van der Waals surface area contributed by atoms with Crippen LogP contribution in [0.4, 0.5) is 0 Å². The quantitative estimate of drug-likeness (QED) is 0.700. The first-order valence-electron chi connectivity index (χ1n) is 6.99. The van der Waals surface area contributed by atoms with Gasteiger partial charge in [0.2, 0.25) is 0 Å². The molecule has 0 bridgehead atoms. The van der Waals surface area contributed by atoms with Crippen molar-refractivity contribution >= 4 is 30.4 Å². The number of hydrogen-bond acceptors (Lipinski definition) is 4. The standard InChI is InChI=1S/C11H18NO2PS2.C2H6/c1-4-7-11(3)10-9(6-8-16-10)17(13)12(11)15(5-2)14-17;1-2/h6,8,13H,4-5,7H2,1-3H3;1-2H3. The van der Waals surface area contributed by atoms with Gasteiger partial charge in [0.15, 0.2) is 8.30 Å². The molecule has 2 aliphatic heterocycles. The molecule has 3 heterocycles. The molecule has 0 aromatic carbocycles. The van der Waals surface area contributed by atoms with E-state index in [0.717, 1.165) is 23.9 Å². The molecule has 19 heavy (non-hydrogen) atoms. The van der Waals surface area contributed by atoms with Crippen molar-refractivity contribution in [2.45, 2.75) is 57.9 Å². The van der Waals surface area contributed by atoms with Crippen molar-refractivity contribution in [2.75, 3.05) is 6.16 Å². The summed E-state index contributed by atoms with van der Waals surface area (Å²) >= 11 is 1.77. The number of hydrogen-bond donors (Lipinski definition) is 1. The van der Waals surface area contributed by atoms with Gasteiger partial charge in [-0.25, -0.2) is 3.97 Å². The SMILES string of the molecule is CC.CCCC1(C)c2sccc2S2(O)OP(CC)N12. The van der Waals surface area contributed by atoms with Crippen LogP contribution in [0, 0.1) is 0 Å². The molecule has 3 rings (SSSR count). The Hall–Kier alpha value is 0.360. The average Bonchev–Trinajstić information content (AvgIpc) is 2.91. The van der Waals surface area contributed by atoms with E-state index in [2.05, 4.69) is 30.2 Å². The van der Waals surface area contributed by atoms with Crippen LogP contribution in [-0.4, -0.2) is 14.8 Å². The summed E-state index contributed by atoms with van der Waals surface area (Å²) in [7, 11) is -2.66. The number of thiophene rings is 1. The normalized spacial score (nSPS) is 39.4. The molecule has 0 saturated carbocycles. The highest BCUT2D eigenvalue weighted by Crippen LogP contribution is 2.89. The summed E-state index contributed by atoms with van der Waals surface area (Å²) in [6.45, 7) is 10.6. The number of fused-ring (bicyclic) bond motifs is 3. The van der Waals surface area contributed by atoms with Gasteiger partial charge in [0, 0.05) is 6.16 Å². The molecule has 0 aliphatic carbocycles. The van der Waals surface area contributed by atoms with E-state index in [1.807, 2.05) is 19.9 Å². The molecular formula is C13H24NO2PS2. The fraction of sp³-hybridized carbons (Fsp3) is 0.692. The summed E-state index contributed by atoms with van der Waals surface area (Å²) in [5.41, 5.74) is 0.00228. The summed E-state index contributed by atoms with van der Waals surface area (Å²) < 4.78 is 18.9. The van der Waals surface area contributed by atoms with E-state index in [0.29, 0.717) is 0 Å². The maximum Gasteiger partial charge on any atom is 0.154 e. The molecule has 1 saturated heterocycles. The van der Waals surface area contributed by atoms with Crippen LogP contribution < -0.4 is 0 Å². The van der Waals surface area contributed by atoms with Crippen molar-refractivity contribution in [3.63, 3.8) is 0 Å². The van der Waals surface area contributed by atoms with Crippen LogP contribution in [0.15, 0.2) is 16.3 Å². The zero-order chi connectivity index (χ0) is 14.3. The summed E-state index contributed by atoms with van der Waals surface area (Å²) in [6, 6.07) is 2.05. The second kappa shape index (κ2) is 5.63. The summed E-state index contributed by atoms with van der Waals surface area (Å²) in [5.74, 6) is 0. The molecule has 0 amide bonds.